The summed E-state index contributed by atoms with van der Waals surface area (Å²) in [6.07, 6.45) is 1.65. The highest BCUT2D eigenvalue weighted by atomic mass is 32.2. The minimum absolute atomic E-state index is 0.135. The fourth-order valence-corrected chi connectivity index (χ4v) is 2.14. The van der Waals surface area contributed by atoms with E-state index in [2.05, 4.69) is 9.97 Å². The van der Waals surface area contributed by atoms with Crippen LogP contribution in [-0.2, 0) is 0 Å². The average molecular weight is 262 g/mol. The minimum Gasteiger partial charge on any atom is -0.293 e. The van der Waals surface area contributed by atoms with Gasteiger partial charge in [0.25, 0.3) is 0 Å². The third-order valence-corrected chi connectivity index (χ3v) is 3.11. The molecule has 0 saturated heterocycles. The summed E-state index contributed by atoms with van der Waals surface area (Å²) in [7, 11) is 0. The number of carbonyl (C=O) groups excluding carboxylic acids is 1. The first-order valence-electron chi connectivity index (χ1n) is 5.36. The summed E-state index contributed by atoms with van der Waals surface area (Å²) < 4.78 is 13.0. The average Bonchev–Trinajstić information content (AvgIpc) is 2.36. The van der Waals surface area contributed by atoms with Crippen LogP contribution in [0, 0.1) is 12.7 Å². The Bertz CT molecular complexity index is 574. The highest BCUT2D eigenvalue weighted by Gasteiger charge is 2.08. The van der Waals surface area contributed by atoms with Crippen molar-refractivity contribution >= 4 is 17.5 Å². The van der Waals surface area contributed by atoms with Gasteiger partial charge in [-0.05, 0) is 25.1 Å². The number of ketones is 1. The van der Waals surface area contributed by atoms with Gasteiger partial charge < -0.3 is 0 Å². The third kappa shape index (κ3) is 3.37. The molecule has 0 atom stereocenters. The number of thioether (sulfide) groups is 1. The van der Waals surface area contributed by atoms with E-state index >= 15 is 0 Å². The highest BCUT2D eigenvalue weighted by molar-refractivity contribution is 7.99. The molecule has 0 aliphatic rings. The Hall–Kier alpha value is -1.75. The van der Waals surface area contributed by atoms with Crippen molar-refractivity contribution in [1.29, 1.82) is 0 Å². The SMILES string of the molecule is Cc1ccnc(SCC(=O)c2cccc(F)c2)n1. The first-order chi connectivity index (χ1) is 8.65. The van der Waals surface area contributed by atoms with Crippen molar-refractivity contribution in [2.75, 3.05) is 5.75 Å². The zero-order valence-corrected chi connectivity index (χ0v) is 10.6. The summed E-state index contributed by atoms with van der Waals surface area (Å²) in [4.78, 5) is 20.0. The van der Waals surface area contributed by atoms with Crippen LogP contribution >= 0.6 is 11.8 Å². The van der Waals surface area contributed by atoms with Gasteiger partial charge in [0, 0.05) is 17.5 Å². The van der Waals surface area contributed by atoms with E-state index in [1.807, 2.05) is 6.92 Å². The van der Waals surface area contributed by atoms with E-state index in [1.54, 1.807) is 18.3 Å². The molecule has 0 aliphatic heterocycles. The molecule has 0 spiro atoms. The number of hydrogen-bond acceptors (Lipinski definition) is 4. The molecule has 1 aromatic heterocycles. The van der Waals surface area contributed by atoms with E-state index in [-0.39, 0.29) is 11.5 Å². The number of benzene rings is 1. The van der Waals surface area contributed by atoms with Gasteiger partial charge >= 0.3 is 0 Å². The molecule has 2 rings (SSSR count). The van der Waals surface area contributed by atoms with E-state index in [9.17, 15) is 9.18 Å². The maximum atomic E-state index is 13.0. The predicted octanol–water partition coefficient (Wildman–Crippen LogP) is 2.90. The number of hydrogen-bond donors (Lipinski definition) is 0. The maximum absolute atomic E-state index is 13.0. The van der Waals surface area contributed by atoms with Crippen molar-refractivity contribution in [3.05, 3.63) is 53.6 Å². The normalized spacial score (nSPS) is 10.3. The van der Waals surface area contributed by atoms with Gasteiger partial charge in [0.1, 0.15) is 5.82 Å². The Balaban J connectivity index is 2.00. The summed E-state index contributed by atoms with van der Waals surface area (Å²) in [6.45, 7) is 1.86. The van der Waals surface area contributed by atoms with Gasteiger partial charge in [-0.1, -0.05) is 23.9 Å². The number of aromatic nitrogens is 2. The minimum atomic E-state index is -0.405. The first-order valence-corrected chi connectivity index (χ1v) is 6.35. The fraction of sp³-hybridized carbons (Fsp3) is 0.154. The summed E-state index contributed by atoms with van der Waals surface area (Å²) in [5, 5.41) is 0.555. The topological polar surface area (TPSA) is 42.9 Å². The predicted molar refractivity (Wildman–Crippen MR) is 68.2 cm³/mol. The molecular weight excluding hydrogens is 251 g/mol. The maximum Gasteiger partial charge on any atom is 0.188 e. The van der Waals surface area contributed by atoms with Gasteiger partial charge in [0.2, 0.25) is 0 Å². The molecule has 1 aromatic carbocycles. The van der Waals surface area contributed by atoms with Crippen LogP contribution in [0.5, 0.6) is 0 Å². The number of rotatable bonds is 4. The Kier molecular flexibility index (Phi) is 4.04. The summed E-state index contributed by atoms with van der Waals surface area (Å²) in [5.41, 5.74) is 1.22. The van der Waals surface area contributed by atoms with E-state index < -0.39 is 5.82 Å². The van der Waals surface area contributed by atoms with Gasteiger partial charge in [-0.2, -0.15) is 0 Å². The van der Waals surface area contributed by atoms with Gasteiger partial charge in [0.15, 0.2) is 10.9 Å². The van der Waals surface area contributed by atoms with Crippen molar-refractivity contribution in [2.45, 2.75) is 12.1 Å². The molecule has 5 heteroatoms. The smallest absolute Gasteiger partial charge is 0.188 e. The van der Waals surface area contributed by atoms with Crippen LogP contribution < -0.4 is 0 Å². The molecule has 2 aromatic rings. The lowest BCUT2D eigenvalue weighted by atomic mass is 10.1. The Morgan fingerprint density at radius 2 is 2.22 bits per heavy atom. The Morgan fingerprint density at radius 1 is 1.39 bits per heavy atom. The largest absolute Gasteiger partial charge is 0.293 e. The molecule has 0 bridgehead atoms. The van der Waals surface area contributed by atoms with Gasteiger partial charge in [-0.25, -0.2) is 14.4 Å². The van der Waals surface area contributed by atoms with Crippen LogP contribution in [-0.4, -0.2) is 21.5 Å². The van der Waals surface area contributed by atoms with E-state index in [4.69, 9.17) is 0 Å². The lowest BCUT2D eigenvalue weighted by Crippen LogP contribution is -2.03. The van der Waals surface area contributed by atoms with Crippen molar-refractivity contribution in [1.82, 2.24) is 9.97 Å². The fourth-order valence-electron chi connectivity index (χ4n) is 1.37. The number of halogens is 1. The molecule has 0 N–H and O–H groups in total. The lowest BCUT2D eigenvalue weighted by Gasteiger charge is -2.01. The summed E-state index contributed by atoms with van der Waals surface area (Å²) in [6, 6.07) is 7.46. The van der Waals surface area contributed by atoms with Crippen LogP contribution in [0.1, 0.15) is 16.1 Å². The molecular formula is C13H11FN2OS. The second-order valence-electron chi connectivity index (χ2n) is 3.70. The molecule has 18 heavy (non-hydrogen) atoms. The zero-order chi connectivity index (χ0) is 13.0. The molecule has 0 unspecified atom stereocenters. The van der Waals surface area contributed by atoms with Crippen LogP contribution in [0.4, 0.5) is 4.39 Å². The Labute approximate surface area is 108 Å². The molecule has 0 amide bonds. The molecule has 3 nitrogen and oxygen atoms in total. The van der Waals surface area contributed by atoms with Crippen LogP contribution in [0.15, 0.2) is 41.7 Å². The molecule has 0 saturated carbocycles. The van der Waals surface area contributed by atoms with Crippen molar-refractivity contribution in [2.24, 2.45) is 0 Å². The van der Waals surface area contributed by atoms with E-state index in [0.29, 0.717) is 10.7 Å². The van der Waals surface area contributed by atoms with Crippen LogP contribution in [0.2, 0.25) is 0 Å². The number of Topliss-reactive ketones (excluding diaryl/α,β-unsaturated/α-hetero) is 1. The molecule has 0 radical (unpaired) electrons. The first kappa shape index (κ1) is 12.7. The van der Waals surface area contributed by atoms with Crippen molar-refractivity contribution in [3.63, 3.8) is 0 Å². The third-order valence-electron chi connectivity index (χ3n) is 2.25. The lowest BCUT2D eigenvalue weighted by molar-refractivity contribution is 0.102. The molecule has 1 heterocycles. The van der Waals surface area contributed by atoms with E-state index in [1.165, 1.54) is 30.0 Å². The van der Waals surface area contributed by atoms with Crippen molar-refractivity contribution in [3.8, 4) is 0 Å². The molecule has 0 aliphatic carbocycles. The van der Waals surface area contributed by atoms with Gasteiger partial charge in [-0.15, -0.1) is 0 Å². The second-order valence-corrected chi connectivity index (χ2v) is 4.65. The number of nitrogens with zero attached hydrogens (tertiary/aromatic N) is 2. The van der Waals surface area contributed by atoms with E-state index in [0.717, 1.165) is 5.69 Å². The van der Waals surface area contributed by atoms with Crippen molar-refractivity contribution < 1.29 is 9.18 Å². The highest BCUT2D eigenvalue weighted by Crippen LogP contribution is 2.15. The molecule has 0 fully saturated rings. The van der Waals surface area contributed by atoms with Gasteiger partial charge in [0.05, 0.1) is 5.75 Å². The quantitative estimate of drug-likeness (QED) is 0.483. The second kappa shape index (κ2) is 5.73. The monoisotopic (exact) mass is 262 g/mol. The number of carbonyl (C=O) groups is 1. The number of aryl methyl sites for hydroxylation is 1. The summed E-state index contributed by atoms with van der Waals surface area (Å²) >= 11 is 1.25. The standard InChI is InChI=1S/C13H11FN2OS/c1-9-5-6-15-13(16-9)18-8-12(17)10-3-2-4-11(14)7-10/h2-7H,8H2,1H3. The van der Waals surface area contributed by atoms with Crippen LogP contribution in [0.25, 0.3) is 0 Å². The Morgan fingerprint density at radius 3 is 2.94 bits per heavy atom. The van der Waals surface area contributed by atoms with Crippen LogP contribution in [0.3, 0.4) is 0 Å². The van der Waals surface area contributed by atoms with Gasteiger partial charge in [-0.3, -0.25) is 4.79 Å². The zero-order valence-electron chi connectivity index (χ0n) is 9.76. The molecule has 92 valence electrons. The summed E-state index contributed by atoms with van der Waals surface area (Å²) in [5.74, 6) is -0.338.